The number of aliphatic hydroxyl groups is 2. The molecule has 4 rings (SSSR count). The van der Waals surface area contributed by atoms with Crippen LogP contribution in [0.3, 0.4) is 0 Å². The van der Waals surface area contributed by atoms with Crippen LogP contribution in [0.25, 0.3) is 0 Å². The van der Waals surface area contributed by atoms with Crippen LogP contribution in [0.2, 0.25) is 0 Å². The van der Waals surface area contributed by atoms with Crippen molar-refractivity contribution in [2.75, 3.05) is 18.5 Å². The summed E-state index contributed by atoms with van der Waals surface area (Å²) in [6, 6.07) is 10.5. The van der Waals surface area contributed by atoms with Crippen LogP contribution in [0.5, 0.6) is 0 Å². The monoisotopic (exact) mass is 397 g/mol. The summed E-state index contributed by atoms with van der Waals surface area (Å²) in [4.78, 5) is 2.33. The van der Waals surface area contributed by atoms with Crippen molar-refractivity contribution in [3.63, 3.8) is 0 Å². The summed E-state index contributed by atoms with van der Waals surface area (Å²) in [6.45, 7) is 10.0. The van der Waals surface area contributed by atoms with Crippen LogP contribution in [0, 0.1) is 28.6 Å². The van der Waals surface area contributed by atoms with E-state index >= 15 is 0 Å². The van der Waals surface area contributed by atoms with Crippen LogP contribution >= 0.6 is 0 Å². The van der Waals surface area contributed by atoms with Gasteiger partial charge in [-0.25, -0.2) is 0 Å². The van der Waals surface area contributed by atoms with E-state index in [0.717, 1.165) is 51.5 Å². The molecule has 0 bridgehead atoms. The number of fused-ring (bicyclic) bond motifs is 1. The van der Waals surface area contributed by atoms with E-state index in [-0.39, 0.29) is 23.0 Å². The molecule has 160 valence electrons. The van der Waals surface area contributed by atoms with Gasteiger partial charge in [0.1, 0.15) is 0 Å². The third-order valence-corrected chi connectivity index (χ3v) is 9.23. The molecule has 3 heteroatoms. The van der Waals surface area contributed by atoms with Gasteiger partial charge < -0.3 is 15.1 Å². The molecule has 3 saturated carbocycles. The second-order valence-electron chi connectivity index (χ2n) is 10.6. The van der Waals surface area contributed by atoms with Crippen LogP contribution in [0.1, 0.15) is 58.8 Å². The number of hydrogen-bond donors (Lipinski definition) is 2. The van der Waals surface area contributed by atoms with Gasteiger partial charge in [-0.2, -0.15) is 0 Å². The standard InChI is InChI=1S/C26H39NO2/c1-18-10-11-22-24(29)23(13-15-25(18,22)2)26(3)14-12-21(28)16-19(26)17-27(4)20-8-6-5-7-9-20/h5-9,19,21-24,28-29H,1,10-17H2,2-4H3. The summed E-state index contributed by atoms with van der Waals surface area (Å²) >= 11 is 0. The Kier molecular flexibility index (Phi) is 5.59. The van der Waals surface area contributed by atoms with E-state index in [1.165, 1.54) is 11.3 Å². The summed E-state index contributed by atoms with van der Waals surface area (Å²) in [7, 11) is 2.16. The van der Waals surface area contributed by atoms with Crippen LogP contribution in [-0.2, 0) is 0 Å². The van der Waals surface area contributed by atoms with E-state index in [9.17, 15) is 10.2 Å². The summed E-state index contributed by atoms with van der Waals surface area (Å²) < 4.78 is 0. The molecule has 29 heavy (non-hydrogen) atoms. The van der Waals surface area contributed by atoms with Gasteiger partial charge in [0.05, 0.1) is 12.2 Å². The molecule has 1 aromatic carbocycles. The molecule has 7 unspecified atom stereocenters. The number of para-hydroxylation sites is 1. The Labute approximate surface area is 176 Å². The minimum absolute atomic E-state index is 0.0624. The van der Waals surface area contributed by atoms with E-state index < -0.39 is 0 Å². The molecule has 0 spiro atoms. The molecular weight excluding hydrogens is 358 g/mol. The van der Waals surface area contributed by atoms with Gasteiger partial charge in [0.25, 0.3) is 0 Å². The van der Waals surface area contributed by atoms with Crippen LogP contribution in [-0.4, -0.2) is 36.0 Å². The maximum Gasteiger partial charge on any atom is 0.0610 e. The normalized spacial score (nSPS) is 42.5. The van der Waals surface area contributed by atoms with Gasteiger partial charge in [0.15, 0.2) is 0 Å². The average Bonchev–Trinajstić information content (AvgIpc) is 3.01. The molecule has 3 aliphatic carbocycles. The highest BCUT2D eigenvalue weighted by molar-refractivity contribution is 5.45. The summed E-state index contributed by atoms with van der Waals surface area (Å²) in [5.74, 6) is 1.04. The van der Waals surface area contributed by atoms with Crippen molar-refractivity contribution in [3.8, 4) is 0 Å². The quantitative estimate of drug-likeness (QED) is 0.700. The molecule has 3 aliphatic rings. The van der Waals surface area contributed by atoms with Crippen molar-refractivity contribution >= 4 is 5.69 Å². The lowest BCUT2D eigenvalue weighted by Crippen LogP contribution is -2.54. The Bertz CT molecular complexity index is 733. The number of aliphatic hydroxyl groups excluding tert-OH is 2. The summed E-state index contributed by atoms with van der Waals surface area (Å²) in [5.41, 5.74) is 2.76. The van der Waals surface area contributed by atoms with Crippen molar-refractivity contribution in [1.29, 1.82) is 0 Å². The fraction of sp³-hybridized carbons (Fsp3) is 0.692. The highest BCUT2D eigenvalue weighted by Gasteiger charge is 2.56. The Morgan fingerprint density at radius 1 is 1.03 bits per heavy atom. The number of anilines is 1. The zero-order valence-electron chi connectivity index (χ0n) is 18.5. The van der Waals surface area contributed by atoms with E-state index in [2.05, 4.69) is 62.7 Å². The first-order valence-corrected chi connectivity index (χ1v) is 11.6. The van der Waals surface area contributed by atoms with Crippen molar-refractivity contribution in [1.82, 2.24) is 0 Å². The zero-order valence-corrected chi connectivity index (χ0v) is 18.5. The van der Waals surface area contributed by atoms with E-state index in [4.69, 9.17) is 0 Å². The topological polar surface area (TPSA) is 43.7 Å². The molecule has 3 fully saturated rings. The maximum atomic E-state index is 11.6. The van der Waals surface area contributed by atoms with Gasteiger partial charge in [0, 0.05) is 19.3 Å². The van der Waals surface area contributed by atoms with Crippen LogP contribution in [0.15, 0.2) is 42.5 Å². The molecule has 0 aromatic heterocycles. The molecule has 0 amide bonds. The smallest absolute Gasteiger partial charge is 0.0610 e. The number of benzene rings is 1. The highest BCUT2D eigenvalue weighted by atomic mass is 16.3. The number of allylic oxidation sites excluding steroid dienone is 1. The Morgan fingerprint density at radius 3 is 2.48 bits per heavy atom. The SMILES string of the molecule is C=C1CCC2C(O)C(C3(C)CCC(O)CC3CN(C)c3ccccc3)CCC12C. The average molecular weight is 398 g/mol. The molecule has 1 aromatic rings. The van der Waals surface area contributed by atoms with E-state index in [0.29, 0.717) is 17.8 Å². The molecule has 2 N–H and O–H groups in total. The lowest BCUT2D eigenvalue weighted by atomic mass is 9.52. The molecule has 0 saturated heterocycles. The van der Waals surface area contributed by atoms with Crippen LogP contribution < -0.4 is 4.90 Å². The Balaban J connectivity index is 1.57. The minimum Gasteiger partial charge on any atom is -0.393 e. The predicted octanol–water partition coefficient (Wildman–Crippen LogP) is 5.03. The van der Waals surface area contributed by atoms with Gasteiger partial charge in [-0.3, -0.25) is 0 Å². The lowest BCUT2D eigenvalue weighted by Gasteiger charge is -2.55. The third-order valence-electron chi connectivity index (χ3n) is 9.23. The number of hydrogen-bond acceptors (Lipinski definition) is 3. The largest absolute Gasteiger partial charge is 0.393 e. The van der Waals surface area contributed by atoms with Crippen molar-refractivity contribution < 1.29 is 10.2 Å². The first-order valence-electron chi connectivity index (χ1n) is 11.6. The minimum atomic E-state index is -0.252. The molecular formula is C26H39NO2. The second-order valence-corrected chi connectivity index (χ2v) is 10.6. The van der Waals surface area contributed by atoms with Gasteiger partial charge in [-0.15, -0.1) is 0 Å². The van der Waals surface area contributed by atoms with E-state index in [1.54, 1.807) is 0 Å². The fourth-order valence-electron chi connectivity index (χ4n) is 7.02. The van der Waals surface area contributed by atoms with Crippen LogP contribution in [0.4, 0.5) is 5.69 Å². The van der Waals surface area contributed by atoms with Gasteiger partial charge in [-0.05, 0) is 85.7 Å². The van der Waals surface area contributed by atoms with Gasteiger partial charge >= 0.3 is 0 Å². The number of nitrogens with zero attached hydrogens (tertiary/aromatic N) is 1. The molecule has 0 radical (unpaired) electrons. The maximum absolute atomic E-state index is 11.6. The Morgan fingerprint density at radius 2 is 1.76 bits per heavy atom. The molecule has 0 aliphatic heterocycles. The molecule has 3 nitrogen and oxygen atoms in total. The number of rotatable bonds is 4. The van der Waals surface area contributed by atoms with Gasteiger partial charge in [-0.1, -0.05) is 44.2 Å². The molecule has 7 atom stereocenters. The van der Waals surface area contributed by atoms with Gasteiger partial charge in [0.2, 0.25) is 0 Å². The third kappa shape index (κ3) is 3.55. The first-order chi connectivity index (χ1) is 13.8. The second kappa shape index (κ2) is 7.74. The first kappa shape index (κ1) is 20.9. The van der Waals surface area contributed by atoms with Crippen molar-refractivity contribution in [3.05, 3.63) is 42.5 Å². The fourth-order valence-corrected chi connectivity index (χ4v) is 7.02. The van der Waals surface area contributed by atoms with Crippen molar-refractivity contribution in [2.45, 2.75) is 71.0 Å². The van der Waals surface area contributed by atoms with Crippen molar-refractivity contribution in [2.24, 2.45) is 28.6 Å². The lowest BCUT2D eigenvalue weighted by molar-refractivity contribution is -0.117. The summed E-state index contributed by atoms with van der Waals surface area (Å²) in [6.07, 6.45) is 6.62. The Hall–Kier alpha value is -1.32. The molecule has 0 heterocycles. The zero-order chi connectivity index (χ0) is 20.8. The summed E-state index contributed by atoms with van der Waals surface area (Å²) in [5, 5.41) is 22.1. The predicted molar refractivity (Wildman–Crippen MR) is 120 cm³/mol. The highest BCUT2D eigenvalue weighted by Crippen LogP contribution is 2.61. The van der Waals surface area contributed by atoms with E-state index in [1.807, 2.05) is 0 Å².